The van der Waals surface area contributed by atoms with E-state index in [2.05, 4.69) is 19.9 Å². The van der Waals surface area contributed by atoms with Crippen LogP contribution in [0.25, 0.3) is 0 Å². The molecule has 0 saturated heterocycles. The number of halogens is 2. The van der Waals surface area contributed by atoms with Crippen molar-refractivity contribution in [3.63, 3.8) is 0 Å². The van der Waals surface area contributed by atoms with Crippen molar-refractivity contribution >= 4 is 0 Å². The quantitative estimate of drug-likeness (QED) is 0.465. The summed E-state index contributed by atoms with van der Waals surface area (Å²) in [6.45, 7) is 4.46. The maximum atomic E-state index is 2.34. The van der Waals surface area contributed by atoms with Gasteiger partial charge in [0.25, 0.3) is 0 Å². The molecule has 0 aromatic heterocycles. The first-order valence-electron chi connectivity index (χ1n) is 3.36. The van der Waals surface area contributed by atoms with Crippen LogP contribution in [0.1, 0.15) is 26.7 Å². The minimum absolute atomic E-state index is 0. The van der Waals surface area contributed by atoms with Gasteiger partial charge in [0, 0.05) is 0 Å². The zero-order valence-corrected chi connectivity index (χ0v) is 10.7. The molecule has 0 unspecified atom stereocenters. The molecule has 1 aliphatic carbocycles. The molecule has 0 radical (unpaired) electrons. The summed E-state index contributed by atoms with van der Waals surface area (Å²) in [5, 5.41) is 0. The van der Waals surface area contributed by atoms with Crippen LogP contribution in [-0.4, -0.2) is 0 Å². The molecular weight excluding hydrogens is 258 g/mol. The normalized spacial score (nSPS) is 15.5. The fourth-order valence-electron chi connectivity index (χ4n) is 1.08. The number of allylic oxidation sites excluding steroid dienone is 4. The van der Waals surface area contributed by atoms with Gasteiger partial charge in [-0.25, -0.2) is 0 Å². The van der Waals surface area contributed by atoms with E-state index < -0.39 is 0 Å². The molecule has 0 bridgehead atoms. The number of rotatable bonds is 1. The second-order valence-corrected chi connectivity index (χ2v) is 3.65. The largest absolute Gasteiger partial charge is 1.00 e. The molecule has 11 heavy (non-hydrogen) atoms. The van der Waals surface area contributed by atoms with Crippen LogP contribution in [0.15, 0.2) is 20.5 Å². The molecule has 61 valence electrons. The van der Waals surface area contributed by atoms with E-state index in [0.29, 0.717) is 0 Å². The van der Waals surface area contributed by atoms with Crippen LogP contribution in [0.5, 0.6) is 0 Å². The van der Waals surface area contributed by atoms with Crippen molar-refractivity contribution in [3.8, 4) is 0 Å². The van der Waals surface area contributed by atoms with Crippen molar-refractivity contribution in [1.29, 1.82) is 0 Å². The summed E-state index contributed by atoms with van der Waals surface area (Å²) in [5.41, 5.74) is 3.18. The molecule has 3 heteroatoms. The predicted molar refractivity (Wildman–Crippen MR) is 35.7 cm³/mol. The van der Waals surface area contributed by atoms with E-state index in [1.165, 1.54) is 18.4 Å². The predicted octanol–water partition coefficient (Wildman–Crippen LogP) is -3.44. The topological polar surface area (TPSA) is 0 Å². The van der Waals surface area contributed by atoms with E-state index in [4.69, 9.17) is 0 Å². The van der Waals surface area contributed by atoms with Crippen molar-refractivity contribution in [2.45, 2.75) is 26.7 Å². The van der Waals surface area contributed by atoms with Gasteiger partial charge in [-0.1, -0.05) is 0 Å². The Kier molecular flexibility index (Phi) is 8.49. The van der Waals surface area contributed by atoms with Gasteiger partial charge < -0.3 is 24.8 Å². The summed E-state index contributed by atoms with van der Waals surface area (Å²) in [6, 6.07) is 0. The van der Waals surface area contributed by atoms with Crippen LogP contribution >= 0.6 is 0 Å². The van der Waals surface area contributed by atoms with Crippen molar-refractivity contribution in [3.05, 3.63) is 20.5 Å². The Morgan fingerprint density at radius 1 is 1.45 bits per heavy atom. The Balaban J connectivity index is 0. The van der Waals surface area contributed by atoms with Gasteiger partial charge in [-0.15, -0.1) is 0 Å². The van der Waals surface area contributed by atoms with Crippen LogP contribution < -0.4 is 24.8 Å². The Morgan fingerprint density at radius 2 is 2.00 bits per heavy atom. The summed E-state index contributed by atoms with van der Waals surface area (Å²) < 4.78 is 1.62. The average molecular weight is 269 g/mol. The van der Waals surface area contributed by atoms with Gasteiger partial charge in [-0.05, 0) is 0 Å². The van der Waals surface area contributed by atoms with E-state index in [0.717, 1.165) is 0 Å². The van der Waals surface area contributed by atoms with Crippen LogP contribution in [-0.2, 0) is 24.7 Å². The molecular formula is C8H11Cl2Zr. The molecule has 1 aliphatic rings. The fourth-order valence-corrected chi connectivity index (χ4v) is 2.02. The molecule has 1 rings (SSSR count). The summed E-state index contributed by atoms with van der Waals surface area (Å²) in [7, 11) is 0. The summed E-state index contributed by atoms with van der Waals surface area (Å²) in [6.07, 6.45) is 4.81. The minimum atomic E-state index is 0. The fraction of sp³-hybridized carbons (Fsp3) is 0.500. The third kappa shape index (κ3) is 3.44. The second kappa shape index (κ2) is 6.46. The molecule has 0 spiro atoms. The first-order chi connectivity index (χ1) is 4.25. The van der Waals surface area contributed by atoms with Crippen molar-refractivity contribution in [1.82, 2.24) is 0 Å². The van der Waals surface area contributed by atoms with E-state index in [1.54, 1.807) is 33.6 Å². The monoisotopic (exact) mass is 267 g/mol. The molecule has 0 amide bonds. The van der Waals surface area contributed by atoms with Gasteiger partial charge in [-0.2, -0.15) is 0 Å². The second-order valence-electron chi connectivity index (χ2n) is 2.42. The van der Waals surface area contributed by atoms with Gasteiger partial charge in [0.15, 0.2) is 0 Å². The first kappa shape index (κ1) is 14.5. The van der Waals surface area contributed by atoms with Gasteiger partial charge in [-0.3, -0.25) is 0 Å². The van der Waals surface area contributed by atoms with Crippen molar-refractivity contribution in [2.24, 2.45) is 0 Å². The Bertz CT molecular complexity index is 183. The van der Waals surface area contributed by atoms with Gasteiger partial charge >= 0.3 is 71.9 Å². The minimum Gasteiger partial charge on any atom is -1.00 e. The molecule has 0 aromatic rings. The molecule has 0 saturated carbocycles. The van der Waals surface area contributed by atoms with Gasteiger partial charge in [0.1, 0.15) is 0 Å². The zero-order valence-electron chi connectivity index (χ0n) is 6.75. The van der Waals surface area contributed by atoms with Crippen LogP contribution in [0.4, 0.5) is 0 Å². The average Bonchev–Trinajstić information content (AvgIpc) is 2.15. The molecule has 0 fully saturated rings. The summed E-state index contributed by atoms with van der Waals surface area (Å²) >= 11 is 1.59. The van der Waals surface area contributed by atoms with E-state index in [-0.39, 0.29) is 24.8 Å². The van der Waals surface area contributed by atoms with Gasteiger partial charge in [0.2, 0.25) is 0 Å². The molecule has 0 nitrogen and oxygen atoms in total. The first-order valence-corrected chi connectivity index (χ1v) is 4.59. The zero-order chi connectivity index (χ0) is 6.85. The molecule has 0 aromatic carbocycles. The SMILES string of the molecule is CCC1=[C]([Zr+2])C(C)=CC1.[Cl-].[Cl-]. The van der Waals surface area contributed by atoms with Crippen molar-refractivity contribution < 1.29 is 49.5 Å². The van der Waals surface area contributed by atoms with E-state index in [1.807, 2.05) is 0 Å². The Morgan fingerprint density at radius 3 is 2.18 bits per heavy atom. The maximum Gasteiger partial charge on any atom is -1.00 e. The van der Waals surface area contributed by atoms with Crippen LogP contribution in [0.3, 0.4) is 0 Å². The molecule has 0 N–H and O–H groups in total. The Hall–Kier alpha value is 0.943. The Labute approximate surface area is 96.2 Å². The standard InChI is InChI=1S/C8H11.2ClH.Zr/c1-3-8-5-4-7(2)6-8;;;/h4H,3,5H2,1-2H3;2*1H;/q;;;+2/p-2. The maximum absolute atomic E-state index is 2.34. The van der Waals surface area contributed by atoms with Crippen LogP contribution in [0, 0.1) is 0 Å². The molecule has 0 aliphatic heterocycles. The van der Waals surface area contributed by atoms with Gasteiger partial charge in [0.05, 0.1) is 0 Å². The van der Waals surface area contributed by atoms with E-state index >= 15 is 0 Å². The van der Waals surface area contributed by atoms with E-state index in [9.17, 15) is 0 Å². The third-order valence-electron chi connectivity index (χ3n) is 1.83. The number of hydrogen-bond acceptors (Lipinski definition) is 0. The third-order valence-corrected chi connectivity index (χ3v) is 3.67. The number of hydrogen-bond donors (Lipinski definition) is 0. The summed E-state index contributed by atoms with van der Waals surface area (Å²) in [4.78, 5) is 0. The van der Waals surface area contributed by atoms with Crippen molar-refractivity contribution in [2.75, 3.05) is 0 Å². The summed E-state index contributed by atoms with van der Waals surface area (Å²) in [5.74, 6) is 0. The van der Waals surface area contributed by atoms with Crippen LogP contribution in [0.2, 0.25) is 0 Å². The molecule has 0 heterocycles. The molecule has 0 atom stereocenters. The smallest absolute Gasteiger partial charge is 1.00 e.